The van der Waals surface area contributed by atoms with E-state index in [9.17, 15) is 0 Å². The van der Waals surface area contributed by atoms with E-state index in [2.05, 4.69) is 42.9 Å². The Balaban J connectivity index is 1.91. The smallest absolute Gasteiger partial charge is 0.0671 e. The van der Waals surface area contributed by atoms with Gasteiger partial charge in [-0.1, -0.05) is 18.2 Å². The van der Waals surface area contributed by atoms with E-state index in [-0.39, 0.29) is 0 Å². The van der Waals surface area contributed by atoms with Crippen molar-refractivity contribution in [2.45, 2.75) is 32.6 Å². The summed E-state index contributed by atoms with van der Waals surface area (Å²) >= 11 is 1.99. The number of aromatic nitrogens is 2. The Kier molecular flexibility index (Phi) is 2.49. The Hall–Kier alpha value is -1.87. The predicted octanol–water partition coefficient (Wildman–Crippen LogP) is 4.94. The van der Waals surface area contributed by atoms with Crippen LogP contribution in [0.3, 0.4) is 0 Å². The number of benzene rings is 1. The first kappa shape index (κ1) is 12.7. The highest BCUT2D eigenvalue weighted by atomic mass is 32.1. The highest BCUT2D eigenvalue weighted by molar-refractivity contribution is 7.20. The van der Waals surface area contributed by atoms with E-state index in [1.165, 1.54) is 51.9 Å². The highest BCUT2D eigenvalue weighted by Crippen LogP contribution is 2.49. The zero-order chi connectivity index (χ0) is 14.8. The summed E-state index contributed by atoms with van der Waals surface area (Å²) < 4.78 is 3.53. The minimum atomic E-state index is 1.01. The molecule has 3 heteroatoms. The van der Waals surface area contributed by atoms with Crippen molar-refractivity contribution >= 4 is 32.6 Å². The van der Waals surface area contributed by atoms with Gasteiger partial charge in [-0.15, -0.1) is 11.3 Å². The van der Waals surface area contributed by atoms with Crippen molar-refractivity contribution < 1.29 is 0 Å². The van der Waals surface area contributed by atoms with Crippen LogP contribution in [0.1, 0.15) is 46.7 Å². The van der Waals surface area contributed by atoms with Gasteiger partial charge in [-0.3, -0.25) is 4.68 Å². The monoisotopic (exact) mass is 306 g/mol. The molecule has 0 unspecified atom stereocenters. The normalized spacial score (nSPS) is 16.6. The molecule has 0 radical (unpaired) electrons. The van der Waals surface area contributed by atoms with Gasteiger partial charge in [-0.25, -0.2) is 0 Å². The molecular weight excluding hydrogens is 288 g/mol. The maximum absolute atomic E-state index is 4.72. The molecule has 2 aliphatic carbocycles. The third-order valence-electron chi connectivity index (χ3n) is 5.18. The highest BCUT2D eigenvalue weighted by Gasteiger charge is 2.30. The first-order valence-electron chi connectivity index (χ1n) is 7.99. The molecule has 3 aromatic rings. The lowest BCUT2D eigenvalue weighted by Gasteiger charge is -2.05. The molecule has 0 bridgehead atoms. The number of hydrogen-bond donors (Lipinski definition) is 0. The van der Waals surface area contributed by atoms with E-state index in [4.69, 9.17) is 5.10 Å². The van der Waals surface area contributed by atoms with Crippen LogP contribution in [0.15, 0.2) is 24.3 Å². The zero-order valence-corrected chi connectivity index (χ0v) is 13.8. The molecule has 0 saturated carbocycles. The van der Waals surface area contributed by atoms with Gasteiger partial charge in [0.15, 0.2) is 0 Å². The second kappa shape index (κ2) is 4.32. The molecule has 22 heavy (non-hydrogen) atoms. The van der Waals surface area contributed by atoms with Crippen LogP contribution >= 0.6 is 11.3 Å². The van der Waals surface area contributed by atoms with Gasteiger partial charge in [0.1, 0.15) is 0 Å². The van der Waals surface area contributed by atoms with Crippen molar-refractivity contribution in [3.63, 3.8) is 0 Å². The van der Waals surface area contributed by atoms with Gasteiger partial charge in [0.05, 0.1) is 11.4 Å². The maximum atomic E-state index is 4.72. The van der Waals surface area contributed by atoms with E-state index >= 15 is 0 Å². The summed E-state index contributed by atoms with van der Waals surface area (Å²) in [4.78, 5) is 1.55. The van der Waals surface area contributed by atoms with Crippen LogP contribution in [-0.2, 0) is 13.5 Å². The Morgan fingerprint density at radius 3 is 2.86 bits per heavy atom. The van der Waals surface area contributed by atoms with Crippen molar-refractivity contribution in [3.05, 3.63) is 51.7 Å². The molecule has 0 fully saturated rings. The third-order valence-corrected chi connectivity index (χ3v) is 6.45. The molecule has 2 heterocycles. The van der Waals surface area contributed by atoms with Crippen LogP contribution in [0.5, 0.6) is 0 Å². The average Bonchev–Trinajstić information content (AvgIpc) is 3.15. The van der Waals surface area contributed by atoms with Crippen molar-refractivity contribution in [3.8, 4) is 0 Å². The van der Waals surface area contributed by atoms with Gasteiger partial charge in [0.2, 0.25) is 0 Å². The Labute approximate surface area is 134 Å². The summed E-state index contributed by atoms with van der Waals surface area (Å²) in [5, 5.41) is 6.16. The second-order valence-corrected chi connectivity index (χ2v) is 7.48. The molecule has 0 saturated heterocycles. The number of aryl methyl sites for hydroxylation is 2. The Morgan fingerprint density at radius 2 is 1.95 bits per heavy atom. The van der Waals surface area contributed by atoms with E-state index < -0.39 is 0 Å². The summed E-state index contributed by atoms with van der Waals surface area (Å²) in [5.74, 6) is 0. The van der Waals surface area contributed by atoms with Crippen LogP contribution in [0.4, 0.5) is 0 Å². The minimum absolute atomic E-state index is 1.01. The minimum Gasteiger partial charge on any atom is -0.271 e. The number of fused-ring (bicyclic) bond motifs is 6. The molecule has 2 aromatic heterocycles. The van der Waals surface area contributed by atoms with Crippen LogP contribution < -0.4 is 0 Å². The lowest BCUT2D eigenvalue weighted by Crippen LogP contribution is -2.00. The number of nitrogens with zero attached hydrogens (tertiary/aromatic N) is 2. The van der Waals surface area contributed by atoms with Gasteiger partial charge in [0.25, 0.3) is 0 Å². The largest absolute Gasteiger partial charge is 0.271 e. The fourth-order valence-corrected chi connectivity index (χ4v) is 5.58. The van der Waals surface area contributed by atoms with E-state index in [1.807, 2.05) is 11.3 Å². The summed E-state index contributed by atoms with van der Waals surface area (Å²) in [6.07, 6.45) is 4.73. The summed E-state index contributed by atoms with van der Waals surface area (Å²) in [7, 11) is 2.10. The maximum Gasteiger partial charge on any atom is 0.0671 e. The fraction of sp³-hybridized carbons (Fsp3) is 0.316. The van der Waals surface area contributed by atoms with Crippen molar-refractivity contribution in [2.75, 3.05) is 0 Å². The Morgan fingerprint density at radius 1 is 1.14 bits per heavy atom. The first-order valence-corrected chi connectivity index (χ1v) is 8.81. The molecule has 2 nitrogen and oxygen atoms in total. The lowest BCUT2D eigenvalue weighted by atomic mass is 10.0. The average molecular weight is 306 g/mol. The molecule has 0 aliphatic heterocycles. The predicted molar refractivity (Wildman–Crippen MR) is 93.2 cm³/mol. The third kappa shape index (κ3) is 1.52. The summed E-state index contributed by atoms with van der Waals surface area (Å²) in [6.45, 7) is 2.17. The molecule has 0 spiro atoms. The van der Waals surface area contributed by atoms with Gasteiger partial charge < -0.3 is 0 Å². The van der Waals surface area contributed by atoms with E-state index in [1.54, 1.807) is 16.0 Å². The molecule has 5 rings (SSSR count). The van der Waals surface area contributed by atoms with Crippen LogP contribution in [0, 0.1) is 6.92 Å². The zero-order valence-electron chi connectivity index (χ0n) is 12.9. The lowest BCUT2D eigenvalue weighted by molar-refractivity contribution is 0.717. The topological polar surface area (TPSA) is 17.8 Å². The Bertz CT molecular complexity index is 955. The van der Waals surface area contributed by atoms with Crippen molar-refractivity contribution in [2.24, 2.45) is 7.05 Å². The second-order valence-electron chi connectivity index (χ2n) is 6.42. The molecule has 0 atom stereocenters. The quantitative estimate of drug-likeness (QED) is 0.575. The fourth-order valence-electron chi connectivity index (χ4n) is 4.26. The first-order chi connectivity index (χ1) is 10.7. The van der Waals surface area contributed by atoms with Crippen LogP contribution in [0.25, 0.3) is 21.2 Å². The number of hydrogen-bond acceptors (Lipinski definition) is 2. The molecule has 110 valence electrons. The van der Waals surface area contributed by atoms with Gasteiger partial charge in [-0.05, 0) is 54.3 Å². The number of thiophene rings is 1. The SMILES string of the molecule is Cc1nn(C)c2c1C1=C(CCC1)c1sc3ccccc3c1C2. The van der Waals surface area contributed by atoms with Crippen molar-refractivity contribution in [1.82, 2.24) is 9.78 Å². The molecule has 0 amide bonds. The number of rotatable bonds is 0. The summed E-state index contributed by atoms with van der Waals surface area (Å²) in [6, 6.07) is 8.87. The van der Waals surface area contributed by atoms with Gasteiger partial charge >= 0.3 is 0 Å². The molecule has 0 N–H and O–H groups in total. The van der Waals surface area contributed by atoms with Crippen LogP contribution in [-0.4, -0.2) is 9.78 Å². The summed E-state index contributed by atoms with van der Waals surface area (Å²) in [5.41, 5.74) is 8.75. The van der Waals surface area contributed by atoms with E-state index in [0.717, 1.165) is 6.42 Å². The van der Waals surface area contributed by atoms with E-state index in [0.29, 0.717) is 0 Å². The van der Waals surface area contributed by atoms with Gasteiger partial charge in [0, 0.05) is 28.6 Å². The number of allylic oxidation sites excluding steroid dienone is 2. The molecule has 2 aliphatic rings. The molecule has 1 aromatic carbocycles. The van der Waals surface area contributed by atoms with Gasteiger partial charge in [-0.2, -0.15) is 5.10 Å². The van der Waals surface area contributed by atoms with Crippen molar-refractivity contribution in [1.29, 1.82) is 0 Å². The standard InChI is InChI=1S/C19H18N2S/c1-11-18-13-7-5-8-14(13)19-15(10-16(18)21(2)20-11)12-6-3-4-9-17(12)22-19/h3-4,6,9H,5,7-8,10H2,1-2H3. The van der Waals surface area contributed by atoms with Crippen LogP contribution in [0.2, 0.25) is 0 Å². The molecular formula is C19H18N2S.